The van der Waals surface area contributed by atoms with E-state index in [9.17, 15) is 32.3 Å². The molecule has 0 saturated carbocycles. The molecule has 3 aliphatic rings. The standard InChI is InChI=1S/C19H19F3N4O4/c20-19(21,22)14-6-10(23)8-25(14)7-9-1-2-11-12(5-9)18(30)26(17(11)29)13-3-4-15(27)24-16(13)28/h1-2,5,10,13-14H,3-4,6-8,23H2,(H,24,27,28)/t10-,13?,14+/m0/s1. The van der Waals surface area contributed by atoms with Crippen LogP contribution >= 0.6 is 0 Å². The summed E-state index contributed by atoms with van der Waals surface area (Å²) in [5, 5.41) is 2.11. The molecule has 2 saturated heterocycles. The quantitative estimate of drug-likeness (QED) is 0.686. The van der Waals surface area contributed by atoms with E-state index in [1.807, 2.05) is 0 Å². The van der Waals surface area contributed by atoms with Gasteiger partial charge in [0.05, 0.1) is 11.1 Å². The Morgan fingerprint density at radius 1 is 1.10 bits per heavy atom. The van der Waals surface area contributed by atoms with Crippen molar-refractivity contribution in [1.29, 1.82) is 0 Å². The summed E-state index contributed by atoms with van der Waals surface area (Å²) in [4.78, 5) is 51.0. The number of nitrogens with one attached hydrogen (secondary N) is 1. The summed E-state index contributed by atoms with van der Waals surface area (Å²) in [6.45, 7) is -0.0123. The van der Waals surface area contributed by atoms with E-state index in [2.05, 4.69) is 5.32 Å². The van der Waals surface area contributed by atoms with Gasteiger partial charge in [-0.25, -0.2) is 0 Å². The molecule has 3 heterocycles. The number of hydrogen-bond acceptors (Lipinski definition) is 6. The van der Waals surface area contributed by atoms with Crippen molar-refractivity contribution in [3.05, 3.63) is 34.9 Å². The molecule has 3 aliphatic heterocycles. The van der Waals surface area contributed by atoms with Gasteiger partial charge in [0, 0.05) is 25.6 Å². The minimum Gasteiger partial charge on any atom is -0.326 e. The Labute approximate surface area is 169 Å². The number of halogens is 3. The first-order chi connectivity index (χ1) is 14.1. The van der Waals surface area contributed by atoms with E-state index in [4.69, 9.17) is 5.73 Å². The molecule has 1 aromatic carbocycles. The largest absolute Gasteiger partial charge is 0.404 e. The highest BCUT2D eigenvalue weighted by Crippen LogP contribution is 2.34. The SMILES string of the molecule is N[C@H]1C[C@H](C(F)(F)F)N(Cc2ccc3c(c2)C(=O)N(C2CCC(=O)NC2=O)C3=O)C1. The smallest absolute Gasteiger partial charge is 0.326 e. The monoisotopic (exact) mass is 424 g/mol. The number of rotatable bonds is 3. The zero-order valence-electron chi connectivity index (χ0n) is 15.7. The summed E-state index contributed by atoms with van der Waals surface area (Å²) in [5.41, 5.74) is 6.26. The Hall–Kier alpha value is -2.79. The lowest BCUT2D eigenvalue weighted by Gasteiger charge is -2.27. The van der Waals surface area contributed by atoms with Crippen LogP contribution in [0.5, 0.6) is 0 Å². The molecule has 1 aromatic rings. The van der Waals surface area contributed by atoms with Gasteiger partial charge >= 0.3 is 6.18 Å². The lowest BCUT2D eigenvalue weighted by molar-refractivity contribution is -0.177. The number of piperidine rings is 1. The third-order valence-corrected chi connectivity index (χ3v) is 5.70. The van der Waals surface area contributed by atoms with Crippen molar-refractivity contribution in [3.63, 3.8) is 0 Å². The van der Waals surface area contributed by atoms with Crippen molar-refractivity contribution < 1.29 is 32.3 Å². The van der Waals surface area contributed by atoms with Crippen LogP contribution in [0.25, 0.3) is 0 Å². The van der Waals surface area contributed by atoms with E-state index >= 15 is 0 Å². The first kappa shape index (κ1) is 20.5. The normalized spacial score (nSPS) is 27.6. The first-order valence-electron chi connectivity index (χ1n) is 9.47. The van der Waals surface area contributed by atoms with Gasteiger partial charge in [-0.05, 0) is 30.5 Å². The van der Waals surface area contributed by atoms with Gasteiger partial charge in [0.1, 0.15) is 12.1 Å². The van der Waals surface area contributed by atoms with Gasteiger partial charge in [-0.1, -0.05) is 6.07 Å². The van der Waals surface area contributed by atoms with Crippen molar-refractivity contribution in [2.24, 2.45) is 5.73 Å². The third-order valence-electron chi connectivity index (χ3n) is 5.70. The van der Waals surface area contributed by atoms with Crippen molar-refractivity contribution in [3.8, 4) is 0 Å². The molecule has 8 nitrogen and oxygen atoms in total. The van der Waals surface area contributed by atoms with E-state index in [1.54, 1.807) is 0 Å². The van der Waals surface area contributed by atoms with E-state index in [1.165, 1.54) is 23.1 Å². The number of imide groups is 2. The van der Waals surface area contributed by atoms with Crippen molar-refractivity contribution in [2.45, 2.75) is 50.1 Å². The third kappa shape index (κ3) is 3.47. The second kappa shape index (κ2) is 7.17. The average molecular weight is 424 g/mol. The summed E-state index contributed by atoms with van der Waals surface area (Å²) in [5.74, 6) is -2.55. The van der Waals surface area contributed by atoms with Crippen molar-refractivity contribution in [2.75, 3.05) is 6.54 Å². The lowest BCUT2D eigenvalue weighted by atomic mass is 10.0. The average Bonchev–Trinajstić information content (AvgIpc) is 3.14. The number of carbonyl (C=O) groups is 4. The second-order valence-electron chi connectivity index (χ2n) is 7.81. The van der Waals surface area contributed by atoms with Crippen LogP contribution in [-0.4, -0.2) is 64.3 Å². The van der Waals surface area contributed by atoms with Crippen LogP contribution in [0.3, 0.4) is 0 Å². The zero-order chi connectivity index (χ0) is 21.8. The molecule has 11 heteroatoms. The Morgan fingerprint density at radius 3 is 2.47 bits per heavy atom. The van der Waals surface area contributed by atoms with Gasteiger partial charge in [-0.2, -0.15) is 13.2 Å². The van der Waals surface area contributed by atoms with E-state index in [-0.39, 0.29) is 43.5 Å². The van der Waals surface area contributed by atoms with Crippen LogP contribution in [0.1, 0.15) is 45.5 Å². The molecule has 3 atom stereocenters. The molecule has 0 bridgehead atoms. The molecular formula is C19H19F3N4O4. The number of carbonyl (C=O) groups excluding carboxylic acids is 4. The molecule has 0 spiro atoms. The Balaban J connectivity index is 1.56. The highest BCUT2D eigenvalue weighted by Gasteiger charge is 2.48. The molecule has 1 unspecified atom stereocenters. The van der Waals surface area contributed by atoms with Gasteiger partial charge in [0.2, 0.25) is 11.8 Å². The van der Waals surface area contributed by atoms with Gasteiger partial charge in [0.25, 0.3) is 11.8 Å². The first-order valence-corrected chi connectivity index (χ1v) is 9.47. The number of amides is 4. The summed E-state index contributed by atoms with van der Waals surface area (Å²) in [6.07, 6.45) is -4.58. The van der Waals surface area contributed by atoms with E-state index < -0.39 is 47.9 Å². The van der Waals surface area contributed by atoms with Crippen molar-refractivity contribution in [1.82, 2.24) is 15.1 Å². The Morgan fingerprint density at radius 2 is 1.80 bits per heavy atom. The zero-order valence-corrected chi connectivity index (χ0v) is 15.7. The van der Waals surface area contributed by atoms with Crippen LogP contribution < -0.4 is 11.1 Å². The van der Waals surface area contributed by atoms with Crippen LogP contribution in [0, 0.1) is 0 Å². The Kier molecular flexibility index (Phi) is 4.89. The summed E-state index contributed by atoms with van der Waals surface area (Å²) in [6, 6.07) is 0.906. The predicted octanol–water partition coefficient (Wildman–Crippen LogP) is 0.552. The maximum atomic E-state index is 13.3. The van der Waals surface area contributed by atoms with Crippen molar-refractivity contribution >= 4 is 23.6 Å². The molecule has 0 radical (unpaired) electrons. The van der Waals surface area contributed by atoms with Crippen LogP contribution in [0.15, 0.2) is 18.2 Å². The number of nitrogens with two attached hydrogens (primary N) is 1. The molecule has 3 N–H and O–H groups in total. The van der Waals surface area contributed by atoms with Crippen LogP contribution in [0.4, 0.5) is 13.2 Å². The number of alkyl halides is 3. The molecule has 4 rings (SSSR count). The number of benzene rings is 1. The van der Waals surface area contributed by atoms with Gasteiger partial charge in [-0.15, -0.1) is 0 Å². The fourth-order valence-electron chi connectivity index (χ4n) is 4.31. The predicted molar refractivity (Wildman–Crippen MR) is 96.0 cm³/mol. The summed E-state index contributed by atoms with van der Waals surface area (Å²) in [7, 11) is 0. The van der Waals surface area contributed by atoms with Gasteiger partial charge < -0.3 is 5.73 Å². The second-order valence-corrected chi connectivity index (χ2v) is 7.81. The minimum absolute atomic E-state index is 0.00308. The van der Waals surface area contributed by atoms with E-state index in [0.717, 1.165) is 4.90 Å². The summed E-state index contributed by atoms with van der Waals surface area (Å²) >= 11 is 0. The van der Waals surface area contributed by atoms with Gasteiger partial charge in [0.15, 0.2) is 0 Å². The number of likely N-dealkylation sites (tertiary alicyclic amines) is 1. The van der Waals surface area contributed by atoms with Crippen LogP contribution in [-0.2, 0) is 16.1 Å². The Bertz CT molecular complexity index is 948. The number of hydrogen-bond donors (Lipinski definition) is 2. The fourth-order valence-corrected chi connectivity index (χ4v) is 4.31. The fraction of sp³-hybridized carbons (Fsp3) is 0.474. The van der Waals surface area contributed by atoms with Crippen LogP contribution in [0.2, 0.25) is 0 Å². The highest BCUT2D eigenvalue weighted by atomic mass is 19.4. The molecule has 160 valence electrons. The number of nitrogens with zero attached hydrogens (tertiary/aromatic N) is 2. The number of fused-ring (bicyclic) bond motifs is 1. The lowest BCUT2D eigenvalue weighted by Crippen LogP contribution is -2.54. The maximum absolute atomic E-state index is 13.3. The minimum atomic E-state index is -4.42. The molecule has 0 aliphatic carbocycles. The topological polar surface area (TPSA) is 113 Å². The molecule has 0 aromatic heterocycles. The molecule has 2 fully saturated rings. The molecular weight excluding hydrogens is 405 g/mol. The molecule has 4 amide bonds. The van der Waals surface area contributed by atoms with E-state index in [0.29, 0.717) is 5.56 Å². The summed E-state index contributed by atoms with van der Waals surface area (Å²) < 4.78 is 39.8. The maximum Gasteiger partial charge on any atom is 0.404 e. The highest BCUT2D eigenvalue weighted by molar-refractivity contribution is 6.23. The molecule has 30 heavy (non-hydrogen) atoms. The van der Waals surface area contributed by atoms with Gasteiger partial charge in [-0.3, -0.25) is 34.3 Å².